The molecular formula is C13H16BrN3O2. The molecule has 1 saturated heterocycles. The van der Waals surface area contributed by atoms with E-state index in [0.717, 1.165) is 17.3 Å². The van der Waals surface area contributed by atoms with Gasteiger partial charge >= 0.3 is 0 Å². The summed E-state index contributed by atoms with van der Waals surface area (Å²) in [6.45, 7) is 0.769. The Kier molecular flexibility index (Phi) is 4.42. The average Bonchev–Trinajstić information content (AvgIpc) is 2.36. The van der Waals surface area contributed by atoms with Gasteiger partial charge in [-0.25, -0.2) is 0 Å². The summed E-state index contributed by atoms with van der Waals surface area (Å²) in [5, 5.41) is 2.77. The van der Waals surface area contributed by atoms with E-state index in [0.29, 0.717) is 24.3 Å². The summed E-state index contributed by atoms with van der Waals surface area (Å²) >= 11 is 3.34. The van der Waals surface area contributed by atoms with Crippen LogP contribution in [0, 0.1) is 0 Å². The summed E-state index contributed by atoms with van der Waals surface area (Å²) in [7, 11) is 0. The molecule has 3 N–H and O–H groups in total. The minimum Gasteiger partial charge on any atom is -0.399 e. The number of carbonyl (C=O) groups excluding carboxylic acids is 2. The molecule has 1 aliphatic heterocycles. The standard InChI is InChI=1S/C13H16BrN3O2/c14-10-7-9(15)4-5-11(10)16-12(18)8-17-6-2-1-3-13(17)19/h4-5,7H,1-3,6,8,15H2,(H,16,18). The maximum Gasteiger partial charge on any atom is 0.244 e. The lowest BCUT2D eigenvalue weighted by atomic mass is 10.1. The largest absolute Gasteiger partial charge is 0.399 e. The smallest absolute Gasteiger partial charge is 0.244 e. The Hall–Kier alpha value is -1.56. The van der Waals surface area contributed by atoms with E-state index in [-0.39, 0.29) is 18.4 Å². The van der Waals surface area contributed by atoms with Crippen LogP contribution in [0.1, 0.15) is 19.3 Å². The third kappa shape index (κ3) is 3.70. The van der Waals surface area contributed by atoms with Gasteiger partial charge < -0.3 is 16.0 Å². The number of nitrogens with one attached hydrogen (secondary N) is 1. The van der Waals surface area contributed by atoms with Crippen LogP contribution >= 0.6 is 15.9 Å². The number of piperidine rings is 1. The predicted octanol–water partition coefficient (Wildman–Crippen LogP) is 1.98. The van der Waals surface area contributed by atoms with Gasteiger partial charge in [0.1, 0.15) is 0 Å². The summed E-state index contributed by atoms with van der Waals surface area (Å²) in [5.74, 6) is -0.140. The normalized spacial score (nSPS) is 15.4. The lowest BCUT2D eigenvalue weighted by Gasteiger charge is -2.26. The Balaban J connectivity index is 1.95. The summed E-state index contributed by atoms with van der Waals surface area (Å²) in [4.78, 5) is 25.1. The van der Waals surface area contributed by atoms with Gasteiger partial charge in [-0.2, -0.15) is 0 Å². The van der Waals surface area contributed by atoms with Crippen LogP contribution in [0.15, 0.2) is 22.7 Å². The molecule has 2 amide bonds. The number of nitrogens with two attached hydrogens (primary N) is 1. The highest BCUT2D eigenvalue weighted by atomic mass is 79.9. The lowest BCUT2D eigenvalue weighted by Crippen LogP contribution is -2.40. The van der Waals surface area contributed by atoms with Gasteiger partial charge in [0.2, 0.25) is 11.8 Å². The van der Waals surface area contributed by atoms with Crippen molar-refractivity contribution < 1.29 is 9.59 Å². The van der Waals surface area contributed by atoms with Crippen molar-refractivity contribution in [3.05, 3.63) is 22.7 Å². The maximum atomic E-state index is 11.9. The van der Waals surface area contributed by atoms with E-state index in [1.165, 1.54) is 0 Å². The van der Waals surface area contributed by atoms with E-state index in [9.17, 15) is 9.59 Å². The minimum atomic E-state index is -0.194. The molecule has 0 unspecified atom stereocenters. The van der Waals surface area contributed by atoms with E-state index >= 15 is 0 Å². The van der Waals surface area contributed by atoms with Crippen LogP contribution in [0.2, 0.25) is 0 Å². The molecule has 1 heterocycles. The van der Waals surface area contributed by atoms with E-state index in [4.69, 9.17) is 5.73 Å². The van der Waals surface area contributed by atoms with Crippen LogP contribution in [0.4, 0.5) is 11.4 Å². The number of hydrogen-bond acceptors (Lipinski definition) is 3. The van der Waals surface area contributed by atoms with Crippen molar-refractivity contribution in [3.63, 3.8) is 0 Å². The number of nitrogen functional groups attached to an aromatic ring is 1. The third-order valence-corrected chi connectivity index (χ3v) is 3.68. The van der Waals surface area contributed by atoms with Gasteiger partial charge in [0.25, 0.3) is 0 Å². The van der Waals surface area contributed by atoms with Gasteiger partial charge in [-0.15, -0.1) is 0 Å². The van der Waals surface area contributed by atoms with Crippen LogP contribution in [-0.2, 0) is 9.59 Å². The second-order valence-corrected chi connectivity index (χ2v) is 5.41. The van der Waals surface area contributed by atoms with Gasteiger partial charge in [-0.05, 0) is 47.0 Å². The Morgan fingerprint density at radius 2 is 2.21 bits per heavy atom. The molecule has 0 aromatic heterocycles. The summed E-state index contributed by atoms with van der Waals surface area (Å²) in [5.41, 5.74) is 6.91. The first-order valence-corrected chi connectivity index (χ1v) is 6.98. The monoisotopic (exact) mass is 325 g/mol. The number of anilines is 2. The third-order valence-electron chi connectivity index (χ3n) is 3.02. The number of rotatable bonds is 3. The zero-order valence-electron chi connectivity index (χ0n) is 10.5. The molecular weight excluding hydrogens is 310 g/mol. The summed E-state index contributed by atoms with van der Waals surface area (Å²) in [6.07, 6.45) is 2.42. The van der Waals surface area contributed by atoms with E-state index in [1.807, 2.05) is 0 Å². The fourth-order valence-corrected chi connectivity index (χ4v) is 2.52. The molecule has 0 saturated carbocycles. The fraction of sp³-hybridized carbons (Fsp3) is 0.385. The Morgan fingerprint density at radius 3 is 2.89 bits per heavy atom. The Bertz CT molecular complexity index is 505. The van der Waals surface area contributed by atoms with Crippen molar-refractivity contribution in [3.8, 4) is 0 Å². The number of likely N-dealkylation sites (tertiary alicyclic amines) is 1. The zero-order valence-corrected chi connectivity index (χ0v) is 12.1. The molecule has 1 aromatic carbocycles. The first kappa shape index (κ1) is 13.9. The molecule has 102 valence electrons. The van der Waals surface area contributed by atoms with E-state index in [2.05, 4.69) is 21.2 Å². The quantitative estimate of drug-likeness (QED) is 0.834. The first-order chi connectivity index (χ1) is 9.06. The fourth-order valence-electron chi connectivity index (χ4n) is 2.02. The highest BCUT2D eigenvalue weighted by Crippen LogP contribution is 2.24. The molecule has 0 radical (unpaired) electrons. The number of carbonyl (C=O) groups is 2. The van der Waals surface area contributed by atoms with Crippen molar-refractivity contribution in [2.45, 2.75) is 19.3 Å². The molecule has 1 fully saturated rings. The Labute approximate surface area is 120 Å². The van der Waals surface area contributed by atoms with E-state index in [1.54, 1.807) is 23.1 Å². The number of amides is 2. The molecule has 0 atom stereocenters. The van der Waals surface area contributed by atoms with Gasteiger partial charge in [0, 0.05) is 23.1 Å². The van der Waals surface area contributed by atoms with Crippen LogP contribution in [0.3, 0.4) is 0 Å². The summed E-state index contributed by atoms with van der Waals surface area (Å²) < 4.78 is 0.728. The highest BCUT2D eigenvalue weighted by Gasteiger charge is 2.20. The second kappa shape index (κ2) is 6.06. The highest BCUT2D eigenvalue weighted by molar-refractivity contribution is 9.10. The van der Waals surface area contributed by atoms with Crippen molar-refractivity contribution in [2.24, 2.45) is 0 Å². The lowest BCUT2D eigenvalue weighted by molar-refractivity contribution is -0.136. The SMILES string of the molecule is Nc1ccc(NC(=O)CN2CCCCC2=O)c(Br)c1. The second-order valence-electron chi connectivity index (χ2n) is 4.56. The van der Waals surface area contributed by atoms with Crippen molar-refractivity contribution in [2.75, 3.05) is 24.1 Å². The van der Waals surface area contributed by atoms with Crippen molar-refractivity contribution >= 4 is 39.1 Å². The number of benzene rings is 1. The van der Waals surface area contributed by atoms with Crippen LogP contribution < -0.4 is 11.1 Å². The van der Waals surface area contributed by atoms with E-state index < -0.39 is 0 Å². The molecule has 2 rings (SSSR count). The molecule has 1 aliphatic rings. The molecule has 0 spiro atoms. The maximum absolute atomic E-state index is 11.9. The number of halogens is 1. The van der Waals surface area contributed by atoms with Gasteiger partial charge in [0.05, 0.1) is 12.2 Å². The topological polar surface area (TPSA) is 75.4 Å². The van der Waals surface area contributed by atoms with Crippen LogP contribution in [0.25, 0.3) is 0 Å². The van der Waals surface area contributed by atoms with Gasteiger partial charge in [-0.1, -0.05) is 0 Å². The zero-order chi connectivity index (χ0) is 13.8. The molecule has 1 aromatic rings. The number of nitrogens with zero attached hydrogens (tertiary/aromatic N) is 1. The van der Waals surface area contributed by atoms with Gasteiger partial charge in [0.15, 0.2) is 0 Å². The van der Waals surface area contributed by atoms with Crippen LogP contribution in [0.5, 0.6) is 0 Å². The predicted molar refractivity (Wildman–Crippen MR) is 77.6 cm³/mol. The summed E-state index contributed by atoms with van der Waals surface area (Å²) in [6, 6.07) is 5.17. The Morgan fingerprint density at radius 1 is 1.42 bits per heavy atom. The molecule has 6 heteroatoms. The van der Waals surface area contributed by atoms with Gasteiger partial charge in [-0.3, -0.25) is 9.59 Å². The molecule has 5 nitrogen and oxygen atoms in total. The molecule has 0 bridgehead atoms. The molecule has 0 aliphatic carbocycles. The average molecular weight is 326 g/mol. The first-order valence-electron chi connectivity index (χ1n) is 6.19. The molecule has 19 heavy (non-hydrogen) atoms. The van der Waals surface area contributed by atoms with Crippen molar-refractivity contribution in [1.29, 1.82) is 0 Å². The van der Waals surface area contributed by atoms with Crippen molar-refractivity contribution in [1.82, 2.24) is 4.90 Å². The van der Waals surface area contributed by atoms with Crippen LogP contribution in [-0.4, -0.2) is 29.8 Å². The number of hydrogen-bond donors (Lipinski definition) is 2. The minimum absolute atomic E-state index is 0.0535.